The number of aldehydes is 1. The van der Waals surface area contributed by atoms with Crippen LogP contribution in [-0.4, -0.2) is 43.5 Å². The van der Waals surface area contributed by atoms with Crippen molar-refractivity contribution in [1.82, 2.24) is 4.90 Å². The summed E-state index contributed by atoms with van der Waals surface area (Å²) in [5, 5.41) is 2.88. The van der Waals surface area contributed by atoms with Crippen molar-refractivity contribution in [3.63, 3.8) is 0 Å². The molecule has 0 aromatic heterocycles. The van der Waals surface area contributed by atoms with Crippen LogP contribution in [0.25, 0.3) is 0 Å². The number of aryl methyl sites for hydroxylation is 1. The first-order chi connectivity index (χ1) is 23.6. The molecule has 7 heteroatoms. The van der Waals surface area contributed by atoms with Gasteiger partial charge in [0.1, 0.15) is 12.9 Å². The van der Waals surface area contributed by atoms with E-state index in [9.17, 15) is 9.59 Å². The van der Waals surface area contributed by atoms with E-state index in [0.717, 1.165) is 48.8 Å². The number of hydrogen-bond donors (Lipinski definition) is 1. The third-order valence-electron chi connectivity index (χ3n) is 9.07. The fraction of sp³-hybridized carbons (Fsp3) is 0.366. The van der Waals surface area contributed by atoms with Gasteiger partial charge in [0.25, 0.3) is 0 Å². The lowest BCUT2D eigenvalue weighted by molar-refractivity contribution is -0.107. The van der Waals surface area contributed by atoms with Crippen molar-refractivity contribution >= 4 is 18.1 Å². The lowest BCUT2D eigenvalue weighted by Gasteiger charge is -2.45. The van der Waals surface area contributed by atoms with E-state index in [0.29, 0.717) is 55.2 Å². The molecule has 1 fully saturated rings. The molecule has 1 aliphatic heterocycles. The maximum atomic E-state index is 13.2. The topological polar surface area (TPSA) is 77.1 Å². The molecule has 0 bridgehead atoms. The number of rotatable bonds is 12. The van der Waals surface area contributed by atoms with Crippen LogP contribution in [0, 0.1) is 5.92 Å². The van der Waals surface area contributed by atoms with Crippen LogP contribution in [0.2, 0.25) is 0 Å². The molecule has 1 heterocycles. The number of anilines is 1. The lowest BCUT2D eigenvalue weighted by atomic mass is 9.75. The Morgan fingerprint density at radius 2 is 1.62 bits per heavy atom. The number of carbonyl (C=O) groups is 2. The number of hydrogen-bond acceptors (Lipinski definition) is 6. The molecule has 1 unspecified atom stereocenters. The first kappa shape index (κ1) is 34.9. The fourth-order valence-electron chi connectivity index (χ4n) is 6.83. The Balaban J connectivity index is 0.000000434. The maximum Gasteiger partial charge on any atom is 0.417 e. The molecule has 4 aromatic carbocycles. The molecule has 48 heavy (non-hydrogen) atoms. The van der Waals surface area contributed by atoms with Gasteiger partial charge in [0.15, 0.2) is 11.5 Å². The standard InChI is InChI=1S/C33H38N2O4.C8H10O/c1-2-17-35-18-7-13-27-21-29-26(22-30(27)35)15-16-31(38-23-25-9-4-3-5-10-25)32(29)39-33(37)34-28-14-6-11-24(20-28)12-8-19-36;1-9-7-8-5-3-2-4-6-8/h3-6,9-11,14-16,19-20,27,30H,2,7-8,12-13,17-18,21-23H2,1H3,(H,34,37);2-6H,7H2,1H3/t27-,30?;/m1./s1. The van der Waals surface area contributed by atoms with E-state index in [4.69, 9.17) is 14.2 Å². The Morgan fingerprint density at radius 3 is 2.33 bits per heavy atom. The number of benzene rings is 4. The number of methoxy groups -OCH3 is 1. The van der Waals surface area contributed by atoms with Crippen LogP contribution in [-0.2, 0) is 42.0 Å². The van der Waals surface area contributed by atoms with Gasteiger partial charge in [-0.25, -0.2) is 4.79 Å². The van der Waals surface area contributed by atoms with Crippen molar-refractivity contribution in [2.45, 2.75) is 71.1 Å². The average molecular weight is 649 g/mol. The molecule has 1 amide bonds. The van der Waals surface area contributed by atoms with Crippen LogP contribution < -0.4 is 14.8 Å². The Morgan fingerprint density at radius 1 is 0.896 bits per heavy atom. The summed E-state index contributed by atoms with van der Waals surface area (Å²) in [6.45, 7) is 5.65. The molecule has 0 radical (unpaired) electrons. The highest BCUT2D eigenvalue weighted by molar-refractivity contribution is 5.87. The van der Waals surface area contributed by atoms with Gasteiger partial charge in [-0.1, -0.05) is 85.8 Å². The lowest BCUT2D eigenvalue weighted by Crippen LogP contribution is -2.49. The summed E-state index contributed by atoms with van der Waals surface area (Å²) in [6.07, 6.45) is 6.85. The summed E-state index contributed by atoms with van der Waals surface area (Å²) in [5.74, 6) is 1.67. The van der Waals surface area contributed by atoms with Crippen molar-refractivity contribution in [3.8, 4) is 11.5 Å². The van der Waals surface area contributed by atoms with Gasteiger partial charge >= 0.3 is 6.09 Å². The summed E-state index contributed by atoms with van der Waals surface area (Å²) < 4.78 is 17.2. The van der Waals surface area contributed by atoms with E-state index in [1.807, 2.05) is 91.0 Å². The molecule has 1 N–H and O–H groups in total. The predicted molar refractivity (Wildman–Crippen MR) is 191 cm³/mol. The zero-order valence-electron chi connectivity index (χ0n) is 28.2. The predicted octanol–water partition coefficient (Wildman–Crippen LogP) is 8.43. The summed E-state index contributed by atoms with van der Waals surface area (Å²) in [5.41, 5.74) is 6.24. The Hall–Kier alpha value is -4.46. The van der Waals surface area contributed by atoms with Gasteiger partial charge < -0.3 is 19.0 Å². The second-order valence-electron chi connectivity index (χ2n) is 12.6. The van der Waals surface area contributed by atoms with Crippen LogP contribution in [0.5, 0.6) is 11.5 Å². The molecule has 2 atom stereocenters. The molecule has 2 aliphatic rings. The molecular formula is C41H48N2O5. The third kappa shape index (κ3) is 9.78. The van der Waals surface area contributed by atoms with Crippen LogP contribution in [0.15, 0.2) is 97.1 Å². The molecule has 7 nitrogen and oxygen atoms in total. The normalized spacial score (nSPS) is 16.8. The summed E-state index contributed by atoms with van der Waals surface area (Å²) >= 11 is 0. The van der Waals surface area contributed by atoms with E-state index in [1.54, 1.807) is 7.11 Å². The highest BCUT2D eigenvalue weighted by atomic mass is 16.6. The zero-order chi connectivity index (χ0) is 33.6. The highest BCUT2D eigenvalue weighted by Crippen LogP contribution is 2.43. The minimum Gasteiger partial charge on any atom is -0.485 e. The van der Waals surface area contributed by atoms with Crippen molar-refractivity contribution < 1.29 is 23.8 Å². The van der Waals surface area contributed by atoms with Crippen molar-refractivity contribution in [2.75, 3.05) is 25.5 Å². The monoisotopic (exact) mass is 648 g/mol. The fourth-order valence-corrected chi connectivity index (χ4v) is 6.83. The molecule has 6 rings (SSSR count). The van der Waals surface area contributed by atoms with E-state index in [2.05, 4.69) is 23.2 Å². The van der Waals surface area contributed by atoms with Gasteiger partial charge in [0.2, 0.25) is 0 Å². The Kier molecular flexibility index (Phi) is 13.2. The van der Waals surface area contributed by atoms with Crippen molar-refractivity contribution in [1.29, 1.82) is 0 Å². The van der Waals surface area contributed by atoms with Gasteiger partial charge in [-0.05, 0) is 98.0 Å². The molecule has 4 aromatic rings. The number of ether oxygens (including phenoxy) is 3. The van der Waals surface area contributed by atoms with E-state index in [1.165, 1.54) is 30.5 Å². The average Bonchev–Trinajstić information content (AvgIpc) is 3.11. The van der Waals surface area contributed by atoms with Gasteiger partial charge in [-0.15, -0.1) is 0 Å². The summed E-state index contributed by atoms with van der Waals surface area (Å²) in [7, 11) is 1.70. The minimum absolute atomic E-state index is 0.396. The molecule has 0 saturated carbocycles. The van der Waals surface area contributed by atoms with Crippen LogP contribution >= 0.6 is 0 Å². The minimum atomic E-state index is -0.543. The number of amides is 1. The zero-order valence-corrected chi connectivity index (χ0v) is 28.2. The van der Waals surface area contributed by atoms with Crippen molar-refractivity contribution in [3.05, 3.63) is 125 Å². The summed E-state index contributed by atoms with van der Waals surface area (Å²) in [4.78, 5) is 26.6. The Bertz CT molecular complexity index is 1590. The number of piperidine rings is 1. The van der Waals surface area contributed by atoms with Crippen LogP contribution in [0.1, 0.15) is 60.4 Å². The second-order valence-corrected chi connectivity index (χ2v) is 12.6. The smallest absolute Gasteiger partial charge is 0.417 e. The number of fused-ring (bicyclic) bond motifs is 2. The second kappa shape index (κ2) is 18.2. The van der Waals surface area contributed by atoms with Gasteiger partial charge in [0.05, 0.1) is 6.61 Å². The van der Waals surface area contributed by atoms with E-state index < -0.39 is 6.09 Å². The van der Waals surface area contributed by atoms with Gasteiger partial charge in [-0.3, -0.25) is 10.2 Å². The number of nitrogens with one attached hydrogen (secondary N) is 1. The summed E-state index contributed by atoms with van der Waals surface area (Å²) in [6, 6.07) is 32.3. The maximum absolute atomic E-state index is 13.2. The van der Waals surface area contributed by atoms with Crippen molar-refractivity contribution in [2.24, 2.45) is 5.92 Å². The van der Waals surface area contributed by atoms with Crippen LogP contribution in [0.4, 0.5) is 10.5 Å². The molecule has 0 spiro atoms. The Labute approximate surface area is 285 Å². The third-order valence-corrected chi connectivity index (χ3v) is 9.07. The van der Waals surface area contributed by atoms with E-state index in [-0.39, 0.29) is 0 Å². The number of carbonyl (C=O) groups excluding carboxylic acids is 2. The molecule has 1 aliphatic carbocycles. The van der Waals surface area contributed by atoms with E-state index >= 15 is 0 Å². The number of likely N-dealkylation sites (tertiary alicyclic amines) is 1. The van der Waals surface area contributed by atoms with Gasteiger partial charge in [0, 0.05) is 30.8 Å². The first-order valence-electron chi connectivity index (χ1n) is 17.2. The highest BCUT2D eigenvalue weighted by Gasteiger charge is 2.37. The van der Waals surface area contributed by atoms with Crippen LogP contribution in [0.3, 0.4) is 0 Å². The molecule has 1 saturated heterocycles. The molecular weight excluding hydrogens is 600 g/mol. The first-order valence-corrected chi connectivity index (χ1v) is 17.2. The van der Waals surface area contributed by atoms with Gasteiger partial charge in [-0.2, -0.15) is 0 Å². The quantitative estimate of drug-likeness (QED) is 0.156. The molecule has 252 valence electrons. The number of nitrogens with zero attached hydrogens (tertiary/aromatic N) is 1. The SMILES string of the molecule is CCCN1CCC[C@@H]2Cc3c(ccc(OCc4ccccc4)c3OC(=O)Nc3cccc(CCC=O)c3)CC21.COCc1ccccc1. The largest absolute Gasteiger partial charge is 0.485 e.